The molecule has 34 heavy (non-hydrogen) atoms. The number of aryl methyl sites for hydroxylation is 1. The second kappa shape index (κ2) is 9.89. The zero-order valence-corrected chi connectivity index (χ0v) is 19.4. The molecule has 0 radical (unpaired) electrons. The van der Waals surface area contributed by atoms with Crippen LogP contribution in [0.15, 0.2) is 48.7 Å². The lowest BCUT2D eigenvalue weighted by Crippen LogP contribution is -2.23. The standard InChI is InChI=1S/C26H26FN5O2/c1-16-11-18(6-8-21(16)27)30-26-17(14-28)15-29-22-13-24(34-3)23(12-20(22)26)31-25(33)9-7-19-5-4-10-32(19)2/h6-9,11-13,15,19H,4-5,10H2,1-3H3,(H,29,30)(H,31,33)/b9-7+. The van der Waals surface area contributed by atoms with Crippen LogP contribution >= 0.6 is 0 Å². The number of benzene rings is 2. The summed E-state index contributed by atoms with van der Waals surface area (Å²) in [6, 6.07) is 10.5. The fourth-order valence-electron chi connectivity index (χ4n) is 4.12. The summed E-state index contributed by atoms with van der Waals surface area (Å²) in [6.07, 6.45) is 7.07. The Hall–Kier alpha value is -3.96. The van der Waals surface area contributed by atoms with Crippen LogP contribution in [-0.2, 0) is 4.79 Å². The van der Waals surface area contributed by atoms with E-state index < -0.39 is 0 Å². The average Bonchev–Trinajstić information content (AvgIpc) is 3.24. The van der Waals surface area contributed by atoms with Crippen LogP contribution in [0.25, 0.3) is 10.9 Å². The lowest BCUT2D eigenvalue weighted by molar-refractivity contribution is -0.111. The number of hydrogen-bond acceptors (Lipinski definition) is 6. The van der Waals surface area contributed by atoms with Crippen molar-refractivity contribution in [1.82, 2.24) is 9.88 Å². The molecule has 7 nitrogen and oxygen atoms in total. The third kappa shape index (κ3) is 4.85. The van der Waals surface area contributed by atoms with Gasteiger partial charge in [-0.15, -0.1) is 0 Å². The largest absolute Gasteiger partial charge is 0.494 e. The van der Waals surface area contributed by atoms with E-state index in [4.69, 9.17) is 4.74 Å². The van der Waals surface area contributed by atoms with Crippen LogP contribution in [0, 0.1) is 24.1 Å². The molecule has 174 valence electrons. The minimum absolute atomic E-state index is 0.251. The number of nitrogens with one attached hydrogen (secondary N) is 2. The number of rotatable bonds is 6. The maximum Gasteiger partial charge on any atom is 0.248 e. The van der Waals surface area contributed by atoms with Crippen LogP contribution < -0.4 is 15.4 Å². The number of nitrogens with zero attached hydrogens (tertiary/aromatic N) is 3. The lowest BCUT2D eigenvalue weighted by atomic mass is 10.1. The molecule has 4 rings (SSSR count). The topological polar surface area (TPSA) is 90.3 Å². The molecule has 1 aliphatic rings. The average molecular weight is 460 g/mol. The number of aromatic nitrogens is 1. The Labute approximate surface area is 197 Å². The number of ether oxygens (including phenoxy) is 1. The van der Waals surface area contributed by atoms with Gasteiger partial charge in [0.15, 0.2) is 0 Å². The summed E-state index contributed by atoms with van der Waals surface area (Å²) in [4.78, 5) is 19.2. The molecular formula is C26H26FN5O2. The molecule has 0 aliphatic carbocycles. The van der Waals surface area contributed by atoms with Gasteiger partial charge in [-0.05, 0) is 63.2 Å². The van der Waals surface area contributed by atoms with Gasteiger partial charge < -0.3 is 15.4 Å². The van der Waals surface area contributed by atoms with Gasteiger partial charge in [-0.1, -0.05) is 6.08 Å². The van der Waals surface area contributed by atoms with Crippen LogP contribution in [0.1, 0.15) is 24.0 Å². The molecule has 3 aromatic rings. The number of nitriles is 1. The number of likely N-dealkylation sites (tertiary alicyclic amines) is 1. The normalized spacial score (nSPS) is 16.0. The molecule has 1 aromatic heterocycles. The first-order valence-electron chi connectivity index (χ1n) is 11.0. The number of carbonyl (C=O) groups excluding carboxylic acids is 1. The summed E-state index contributed by atoms with van der Waals surface area (Å²) in [7, 11) is 3.56. The maximum atomic E-state index is 13.7. The summed E-state index contributed by atoms with van der Waals surface area (Å²) >= 11 is 0. The molecule has 0 bridgehead atoms. The van der Waals surface area contributed by atoms with E-state index in [-0.39, 0.29) is 17.8 Å². The van der Waals surface area contributed by atoms with Crippen LogP contribution in [0.3, 0.4) is 0 Å². The van der Waals surface area contributed by atoms with Gasteiger partial charge in [-0.25, -0.2) is 4.39 Å². The van der Waals surface area contributed by atoms with E-state index in [0.29, 0.717) is 44.8 Å². The van der Waals surface area contributed by atoms with E-state index in [0.717, 1.165) is 19.4 Å². The Kier molecular flexibility index (Phi) is 6.75. The van der Waals surface area contributed by atoms with Crippen molar-refractivity contribution >= 4 is 33.9 Å². The Morgan fingerprint density at radius 2 is 2.18 bits per heavy atom. The second-order valence-corrected chi connectivity index (χ2v) is 8.36. The number of pyridine rings is 1. The lowest BCUT2D eigenvalue weighted by Gasteiger charge is -2.16. The maximum absolute atomic E-state index is 13.7. The van der Waals surface area contributed by atoms with Gasteiger partial charge in [-0.3, -0.25) is 14.7 Å². The van der Waals surface area contributed by atoms with Crippen LogP contribution in [-0.4, -0.2) is 42.5 Å². The molecule has 2 aromatic carbocycles. The molecular weight excluding hydrogens is 433 g/mol. The highest BCUT2D eigenvalue weighted by Crippen LogP contribution is 2.36. The van der Waals surface area contributed by atoms with Gasteiger partial charge in [0, 0.05) is 35.5 Å². The quantitative estimate of drug-likeness (QED) is 0.510. The minimum Gasteiger partial charge on any atom is -0.494 e. The molecule has 2 N–H and O–H groups in total. The zero-order chi connectivity index (χ0) is 24.2. The molecule has 1 unspecified atom stereocenters. The monoisotopic (exact) mass is 459 g/mol. The first-order chi connectivity index (χ1) is 16.4. The number of halogens is 1. The van der Waals surface area contributed by atoms with Crippen LogP contribution in [0.4, 0.5) is 21.5 Å². The molecule has 1 atom stereocenters. The predicted molar refractivity (Wildman–Crippen MR) is 131 cm³/mol. The zero-order valence-electron chi connectivity index (χ0n) is 19.4. The first kappa shape index (κ1) is 23.2. The van der Waals surface area contributed by atoms with Crippen molar-refractivity contribution < 1.29 is 13.9 Å². The molecule has 1 saturated heterocycles. The summed E-state index contributed by atoms with van der Waals surface area (Å²) in [5.74, 6) is -0.128. The molecule has 1 fully saturated rings. The van der Waals surface area contributed by atoms with Crippen LogP contribution in [0.5, 0.6) is 5.75 Å². The van der Waals surface area contributed by atoms with Gasteiger partial charge in [0.2, 0.25) is 5.91 Å². The number of amides is 1. The van der Waals surface area contributed by atoms with Crippen molar-refractivity contribution in [2.24, 2.45) is 0 Å². The summed E-state index contributed by atoms with van der Waals surface area (Å²) in [6.45, 7) is 2.69. The molecule has 8 heteroatoms. The van der Waals surface area contributed by atoms with Gasteiger partial charge in [0.05, 0.1) is 29.6 Å². The van der Waals surface area contributed by atoms with Crippen molar-refractivity contribution in [3.63, 3.8) is 0 Å². The van der Waals surface area contributed by atoms with Crippen molar-refractivity contribution in [3.8, 4) is 11.8 Å². The van der Waals surface area contributed by atoms with E-state index in [1.807, 2.05) is 13.1 Å². The van der Waals surface area contributed by atoms with Gasteiger partial charge >= 0.3 is 0 Å². The molecule has 0 saturated carbocycles. The van der Waals surface area contributed by atoms with E-state index in [2.05, 4.69) is 26.6 Å². The highest BCUT2D eigenvalue weighted by molar-refractivity contribution is 6.04. The molecule has 1 aliphatic heterocycles. The van der Waals surface area contributed by atoms with Crippen molar-refractivity contribution in [3.05, 3.63) is 65.6 Å². The number of fused-ring (bicyclic) bond motifs is 1. The summed E-state index contributed by atoms with van der Waals surface area (Å²) in [5, 5.41) is 16.4. The molecule has 0 spiro atoms. The molecule has 2 heterocycles. The van der Waals surface area contributed by atoms with E-state index >= 15 is 0 Å². The third-order valence-electron chi connectivity index (χ3n) is 6.04. The van der Waals surface area contributed by atoms with Crippen LogP contribution in [0.2, 0.25) is 0 Å². The number of methoxy groups -OCH3 is 1. The number of hydrogen-bond donors (Lipinski definition) is 2. The number of likely N-dealkylation sites (N-methyl/N-ethyl adjacent to an activating group) is 1. The van der Waals surface area contributed by atoms with E-state index in [1.54, 1.807) is 37.3 Å². The fourth-order valence-corrected chi connectivity index (χ4v) is 4.12. The summed E-state index contributed by atoms with van der Waals surface area (Å²) in [5.41, 5.74) is 2.99. The van der Waals surface area contributed by atoms with Gasteiger partial charge in [0.1, 0.15) is 17.6 Å². The van der Waals surface area contributed by atoms with Crippen molar-refractivity contribution in [2.45, 2.75) is 25.8 Å². The summed E-state index contributed by atoms with van der Waals surface area (Å²) < 4.78 is 19.2. The Morgan fingerprint density at radius 1 is 1.35 bits per heavy atom. The van der Waals surface area contributed by atoms with Crippen molar-refractivity contribution in [2.75, 3.05) is 31.3 Å². The Morgan fingerprint density at radius 3 is 2.85 bits per heavy atom. The predicted octanol–water partition coefficient (Wildman–Crippen LogP) is 4.90. The van der Waals surface area contributed by atoms with Gasteiger partial charge in [-0.2, -0.15) is 5.26 Å². The molecule has 1 amide bonds. The van der Waals surface area contributed by atoms with E-state index in [1.165, 1.54) is 19.4 Å². The second-order valence-electron chi connectivity index (χ2n) is 8.36. The minimum atomic E-state index is -0.308. The van der Waals surface area contributed by atoms with Gasteiger partial charge in [0.25, 0.3) is 0 Å². The Bertz CT molecular complexity index is 1310. The number of carbonyl (C=O) groups is 1. The van der Waals surface area contributed by atoms with E-state index in [9.17, 15) is 14.4 Å². The number of anilines is 3. The highest BCUT2D eigenvalue weighted by Gasteiger charge is 2.19. The third-order valence-corrected chi connectivity index (χ3v) is 6.04. The smallest absolute Gasteiger partial charge is 0.248 e. The SMILES string of the molecule is COc1cc2ncc(C#N)c(Nc3ccc(F)c(C)c3)c2cc1NC(=O)/C=C/C1CCCN1C. The Balaban J connectivity index is 1.70. The fraction of sp³-hybridized carbons (Fsp3) is 0.269. The van der Waals surface area contributed by atoms with Crippen molar-refractivity contribution in [1.29, 1.82) is 5.26 Å². The first-order valence-corrected chi connectivity index (χ1v) is 11.0. The highest BCUT2D eigenvalue weighted by atomic mass is 19.1.